The molecule has 1 amide bonds. The van der Waals surface area contributed by atoms with Crippen molar-refractivity contribution in [1.82, 2.24) is 5.32 Å². The highest BCUT2D eigenvalue weighted by Crippen LogP contribution is 2.33. The Kier molecular flexibility index (Phi) is 5.46. The molecule has 4 nitrogen and oxygen atoms in total. The third-order valence-corrected chi connectivity index (χ3v) is 2.89. The van der Waals surface area contributed by atoms with Gasteiger partial charge in [0.25, 0.3) is 0 Å². The fraction of sp³-hybridized carbons (Fsp3) is 0.818. The zero-order valence-corrected chi connectivity index (χ0v) is 11.8. The number of aliphatic carboxylic acids is 1. The summed E-state index contributed by atoms with van der Waals surface area (Å²) in [4.78, 5) is 22.1. The summed E-state index contributed by atoms with van der Waals surface area (Å²) in [5, 5.41) is 12.1. The van der Waals surface area contributed by atoms with E-state index in [1.165, 1.54) is 0 Å². The van der Waals surface area contributed by atoms with Crippen molar-refractivity contribution in [1.29, 1.82) is 0 Å². The molecule has 0 atom stereocenters. The Morgan fingerprint density at radius 2 is 1.75 bits per heavy atom. The highest BCUT2D eigenvalue weighted by atomic mass is 79.9. The lowest BCUT2D eigenvalue weighted by Crippen LogP contribution is -2.39. The number of hydrogen-bond donors (Lipinski definition) is 2. The van der Waals surface area contributed by atoms with Crippen LogP contribution in [-0.2, 0) is 9.59 Å². The molecule has 0 fully saturated rings. The van der Waals surface area contributed by atoms with Crippen LogP contribution in [0.1, 0.15) is 34.1 Å². The quantitative estimate of drug-likeness (QED) is 0.737. The van der Waals surface area contributed by atoms with Crippen molar-refractivity contribution in [2.45, 2.75) is 34.1 Å². The summed E-state index contributed by atoms with van der Waals surface area (Å²) >= 11 is 3.06. The van der Waals surface area contributed by atoms with E-state index in [2.05, 4.69) is 21.2 Å². The molecular weight excluding hydrogens is 274 g/mol. The van der Waals surface area contributed by atoms with E-state index in [4.69, 9.17) is 5.11 Å². The fourth-order valence-electron chi connectivity index (χ4n) is 1.72. The number of alkyl halides is 1. The van der Waals surface area contributed by atoms with Crippen LogP contribution < -0.4 is 5.32 Å². The average molecular weight is 294 g/mol. The molecule has 16 heavy (non-hydrogen) atoms. The zero-order chi connectivity index (χ0) is 13.0. The lowest BCUT2D eigenvalue weighted by Gasteiger charge is -2.32. The molecule has 0 saturated heterocycles. The average Bonchev–Trinajstić information content (AvgIpc) is 2.12. The third-order valence-electron chi connectivity index (χ3n) is 2.38. The number of rotatable bonds is 6. The minimum Gasteiger partial charge on any atom is -0.481 e. The van der Waals surface area contributed by atoms with E-state index in [0.717, 1.165) is 0 Å². The predicted molar refractivity (Wildman–Crippen MR) is 66.6 cm³/mol. The molecule has 0 heterocycles. The van der Waals surface area contributed by atoms with Gasteiger partial charge in [0.2, 0.25) is 5.91 Å². The lowest BCUT2D eigenvalue weighted by molar-refractivity contribution is -0.148. The van der Waals surface area contributed by atoms with Crippen molar-refractivity contribution in [2.75, 3.05) is 11.9 Å². The summed E-state index contributed by atoms with van der Waals surface area (Å²) in [6.45, 7) is 7.78. The van der Waals surface area contributed by atoms with E-state index >= 15 is 0 Å². The van der Waals surface area contributed by atoms with Crippen LogP contribution in [0, 0.1) is 10.8 Å². The van der Waals surface area contributed by atoms with Gasteiger partial charge < -0.3 is 10.4 Å². The Balaban J connectivity index is 4.34. The lowest BCUT2D eigenvalue weighted by atomic mass is 9.75. The minimum atomic E-state index is -0.813. The van der Waals surface area contributed by atoms with Gasteiger partial charge in [-0.3, -0.25) is 9.59 Å². The Hall–Kier alpha value is -0.580. The summed E-state index contributed by atoms with van der Waals surface area (Å²) < 4.78 is 0. The van der Waals surface area contributed by atoms with Gasteiger partial charge in [-0.25, -0.2) is 0 Å². The molecule has 0 aliphatic carbocycles. The van der Waals surface area contributed by atoms with Crippen molar-refractivity contribution in [3.05, 3.63) is 0 Å². The first-order valence-electron chi connectivity index (χ1n) is 5.17. The van der Waals surface area contributed by atoms with Gasteiger partial charge in [-0.15, -0.1) is 0 Å². The molecule has 0 aliphatic rings. The van der Waals surface area contributed by atoms with Crippen LogP contribution in [0.2, 0.25) is 0 Å². The normalized spacial score (nSPS) is 12.3. The molecule has 0 unspecified atom stereocenters. The summed E-state index contributed by atoms with van der Waals surface area (Å²) in [7, 11) is 0. The van der Waals surface area contributed by atoms with Crippen molar-refractivity contribution >= 4 is 27.8 Å². The van der Waals surface area contributed by atoms with Crippen LogP contribution in [0.25, 0.3) is 0 Å². The predicted octanol–water partition coefficient (Wildman–Crippen LogP) is 2.02. The molecule has 0 spiro atoms. The third kappa shape index (κ3) is 5.49. The molecule has 0 bridgehead atoms. The van der Waals surface area contributed by atoms with E-state index in [1.807, 2.05) is 13.8 Å². The van der Waals surface area contributed by atoms with Crippen molar-refractivity contribution in [3.63, 3.8) is 0 Å². The van der Waals surface area contributed by atoms with E-state index in [0.29, 0.717) is 13.0 Å². The van der Waals surface area contributed by atoms with Crippen LogP contribution in [-0.4, -0.2) is 28.9 Å². The number of hydrogen-bond acceptors (Lipinski definition) is 2. The Morgan fingerprint density at radius 1 is 1.25 bits per heavy atom. The maximum absolute atomic E-state index is 11.1. The molecule has 0 aliphatic heterocycles. The van der Waals surface area contributed by atoms with Crippen molar-refractivity contribution in [2.24, 2.45) is 10.8 Å². The second-order valence-corrected chi connectivity index (χ2v) is 6.00. The zero-order valence-electron chi connectivity index (χ0n) is 10.3. The van der Waals surface area contributed by atoms with Crippen LogP contribution in [0.3, 0.4) is 0 Å². The molecular formula is C11H20BrNO3. The second kappa shape index (κ2) is 5.66. The smallest absolute Gasteiger partial charge is 0.309 e. The number of nitrogens with one attached hydrogen (secondary N) is 1. The van der Waals surface area contributed by atoms with Gasteiger partial charge in [0, 0.05) is 6.54 Å². The van der Waals surface area contributed by atoms with Crippen LogP contribution >= 0.6 is 15.9 Å². The summed E-state index contributed by atoms with van der Waals surface area (Å²) in [6.07, 6.45) is 0.512. The monoisotopic (exact) mass is 293 g/mol. The molecule has 2 N–H and O–H groups in total. The van der Waals surface area contributed by atoms with Crippen LogP contribution in [0.15, 0.2) is 0 Å². The number of halogens is 1. The molecule has 0 radical (unpaired) electrons. The van der Waals surface area contributed by atoms with Gasteiger partial charge in [-0.1, -0.05) is 29.8 Å². The Morgan fingerprint density at radius 3 is 2.12 bits per heavy atom. The van der Waals surface area contributed by atoms with Gasteiger partial charge in [0.15, 0.2) is 0 Å². The molecule has 0 aromatic heterocycles. The van der Waals surface area contributed by atoms with E-state index < -0.39 is 11.4 Å². The van der Waals surface area contributed by atoms with Crippen LogP contribution in [0.4, 0.5) is 0 Å². The number of amides is 1. The van der Waals surface area contributed by atoms with Crippen molar-refractivity contribution in [3.8, 4) is 0 Å². The van der Waals surface area contributed by atoms with Gasteiger partial charge in [-0.2, -0.15) is 0 Å². The Bertz CT molecular complexity index is 274. The molecule has 5 heteroatoms. The summed E-state index contributed by atoms with van der Waals surface area (Å²) in [5.41, 5.74) is -1.01. The van der Waals surface area contributed by atoms with E-state index in [9.17, 15) is 9.59 Å². The summed E-state index contributed by atoms with van der Waals surface area (Å²) in [6, 6.07) is 0. The molecule has 94 valence electrons. The van der Waals surface area contributed by atoms with Gasteiger partial charge >= 0.3 is 5.97 Å². The maximum Gasteiger partial charge on any atom is 0.309 e. The van der Waals surface area contributed by atoms with E-state index in [-0.39, 0.29) is 16.7 Å². The highest BCUT2D eigenvalue weighted by Gasteiger charge is 2.34. The molecule has 0 aromatic rings. The number of carboxylic acid groups (broad SMARTS) is 1. The standard InChI is InChI=1S/C11H20BrNO3/c1-10(2,7-13-8(14)5-12)6-11(3,4)9(15)16/h5-7H2,1-4H3,(H,13,14)(H,15,16). The first-order chi connectivity index (χ1) is 7.10. The fourth-order valence-corrected chi connectivity index (χ4v) is 1.92. The number of carboxylic acids is 1. The van der Waals surface area contributed by atoms with Crippen LogP contribution in [0.5, 0.6) is 0 Å². The SMILES string of the molecule is CC(C)(CNC(=O)CBr)CC(C)(C)C(=O)O. The van der Waals surface area contributed by atoms with Gasteiger partial charge in [0.1, 0.15) is 0 Å². The Labute approximate surface area is 105 Å². The maximum atomic E-state index is 11.1. The summed E-state index contributed by atoms with van der Waals surface area (Å²) in [5.74, 6) is -0.895. The topological polar surface area (TPSA) is 66.4 Å². The van der Waals surface area contributed by atoms with E-state index in [1.54, 1.807) is 13.8 Å². The van der Waals surface area contributed by atoms with Crippen molar-refractivity contribution < 1.29 is 14.7 Å². The van der Waals surface area contributed by atoms with Gasteiger partial charge in [0.05, 0.1) is 10.7 Å². The van der Waals surface area contributed by atoms with Gasteiger partial charge in [-0.05, 0) is 25.7 Å². The highest BCUT2D eigenvalue weighted by molar-refractivity contribution is 9.09. The first-order valence-corrected chi connectivity index (χ1v) is 6.29. The minimum absolute atomic E-state index is 0.0822. The number of carbonyl (C=O) groups excluding carboxylic acids is 1. The number of carbonyl (C=O) groups is 2. The second-order valence-electron chi connectivity index (χ2n) is 5.44. The molecule has 0 rings (SSSR count). The molecule has 0 saturated carbocycles. The first kappa shape index (κ1) is 15.4. The molecule has 0 aromatic carbocycles. The largest absolute Gasteiger partial charge is 0.481 e.